The van der Waals surface area contributed by atoms with E-state index >= 15 is 0 Å². The minimum Gasteiger partial charge on any atom is -0.349 e. The molecular weight excluding hydrogens is 268 g/mol. The molecule has 1 aromatic heterocycles. The van der Waals surface area contributed by atoms with Crippen LogP contribution in [0.1, 0.15) is 43.5 Å². The number of hydrogen-bond acceptors (Lipinski definition) is 2. The predicted octanol–water partition coefficient (Wildman–Crippen LogP) is 3.15. The van der Waals surface area contributed by atoms with E-state index in [4.69, 9.17) is 0 Å². The Morgan fingerprint density at radius 1 is 1.50 bits per heavy atom. The smallest absolute Gasteiger partial charge is 0.253 e. The van der Waals surface area contributed by atoms with Crippen molar-refractivity contribution >= 4 is 21.8 Å². The van der Waals surface area contributed by atoms with E-state index in [2.05, 4.69) is 40.1 Å². The zero-order valence-corrected chi connectivity index (χ0v) is 11.3. The molecule has 0 fully saturated rings. The van der Waals surface area contributed by atoms with Crippen LogP contribution in [0.15, 0.2) is 22.9 Å². The Balaban J connectivity index is 2.60. The SMILES string of the molecule is CCCC(CC)NC(=O)c1ccc(Br)nc1. The molecule has 1 heterocycles. The molecule has 0 aliphatic heterocycles. The summed E-state index contributed by atoms with van der Waals surface area (Å²) in [6, 6.07) is 3.81. The molecule has 1 unspecified atom stereocenters. The fraction of sp³-hybridized carbons (Fsp3) is 0.500. The third kappa shape index (κ3) is 3.93. The molecule has 0 saturated carbocycles. The molecule has 0 spiro atoms. The number of rotatable bonds is 5. The maximum Gasteiger partial charge on any atom is 0.253 e. The summed E-state index contributed by atoms with van der Waals surface area (Å²) in [5, 5.41) is 3.01. The molecule has 1 aromatic rings. The largest absolute Gasteiger partial charge is 0.349 e. The normalized spacial score (nSPS) is 12.2. The molecule has 0 aromatic carbocycles. The zero-order chi connectivity index (χ0) is 12.0. The van der Waals surface area contributed by atoms with E-state index in [0.29, 0.717) is 5.56 Å². The second-order valence-electron chi connectivity index (χ2n) is 3.74. The summed E-state index contributed by atoms with van der Waals surface area (Å²) in [4.78, 5) is 15.9. The molecule has 1 amide bonds. The topological polar surface area (TPSA) is 42.0 Å². The van der Waals surface area contributed by atoms with E-state index in [9.17, 15) is 4.79 Å². The Labute approximate surface area is 105 Å². The number of carbonyl (C=O) groups excluding carboxylic acids is 1. The lowest BCUT2D eigenvalue weighted by Gasteiger charge is -2.15. The Morgan fingerprint density at radius 2 is 2.25 bits per heavy atom. The van der Waals surface area contributed by atoms with Gasteiger partial charge in [0, 0.05) is 12.2 Å². The van der Waals surface area contributed by atoms with E-state index in [-0.39, 0.29) is 11.9 Å². The monoisotopic (exact) mass is 284 g/mol. The molecule has 1 N–H and O–H groups in total. The second kappa shape index (κ2) is 6.63. The fourth-order valence-electron chi connectivity index (χ4n) is 1.51. The molecule has 88 valence electrons. The van der Waals surface area contributed by atoms with Crippen molar-refractivity contribution in [1.82, 2.24) is 10.3 Å². The van der Waals surface area contributed by atoms with Crippen molar-refractivity contribution in [3.8, 4) is 0 Å². The molecule has 16 heavy (non-hydrogen) atoms. The Morgan fingerprint density at radius 3 is 2.75 bits per heavy atom. The van der Waals surface area contributed by atoms with Gasteiger partial charge in [-0.1, -0.05) is 20.3 Å². The number of nitrogens with one attached hydrogen (secondary N) is 1. The van der Waals surface area contributed by atoms with Crippen LogP contribution < -0.4 is 5.32 Å². The summed E-state index contributed by atoms with van der Waals surface area (Å²) >= 11 is 3.24. The van der Waals surface area contributed by atoms with Gasteiger partial charge in [0.1, 0.15) is 4.60 Å². The molecule has 0 saturated heterocycles. The van der Waals surface area contributed by atoms with Crippen molar-refractivity contribution in [2.75, 3.05) is 0 Å². The van der Waals surface area contributed by atoms with Crippen LogP contribution in [0, 0.1) is 0 Å². The number of amides is 1. The molecule has 1 rings (SSSR count). The van der Waals surface area contributed by atoms with Gasteiger partial charge in [-0.15, -0.1) is 0 Å². The van der Waals surface area contributed by atoms with Gasteiger partial charge in [-0.2, -0.15) is 0 Å². The number of nitrogens with zero attached hydrogens (tertiary/aromatic N) is 1. The molecule has 3 nitrogen and oxygen atoms in total. The molecule has 4 heteroatoms. The first-order valence-electron chi connectivity index (χ1n) is 5.59. The summed E-state index contributed by atoms with van der Waals surface area (Å²) in [6.45, 7) is 4.20. The lowest BCUT2D eigenvalue weighted by molar-refractivity contribution is 0.0933. The highest BCUT2D eigenvalue weighted by Crippen LogP contribution is 2.08. The Bertz CT molecular complexity index is 337. The van der Waals surface area contributed by atoms with Crippen molar-refractivity contribution in [1.29, 1.82) is 0 Å². The summed E-state index contributed by atoms with van der Waals surface area (Å²) < 4.78 is 0.740. The van der Waals surface area contributed by atoms with Crippen LogP contribution in [0.5, 0.6) is 0 Å². The van der Waals surface area contributed by atoms with Crippen molar-refractivity contribution in [3.63, 3.8) is 0 Å². The quantitative estimate of drug-likeness (QED) is 0.844. The highest BCUT2D eigenvalue weighted by molar-refractivity contribution is 9.10. The summed E-state index contributed by atoms with van der Waals surface area (Å²) in [6.07, 6.45) is 4.64. The fourth-order valence-corrected chi connectivity index (χ4v) is 1.74. The van der Waals surface area contributed by atoms with Gasteiger partial charge in [0.15, 0.2) is 0 Å². The minimum atomic E-state index is -0.0414. The zero-order valence-electron chi connectivity index (χ0n) is 9.66. The van der Waals surface area contributed by atoms with Gasteiger partial charge in [-0.05, 0) is 40.9 Å². The molecule has 0 radical (unpaired) electrons. The molecule has 0 bridgehead atoms. The van der Waals surface area contributed by atoms with Gasteiger partial charge in [0.25, 0.3) is 5.91 Å². The van der Waals surface area contributed by atoms with Crippen LogP contribution >= 0.6 is 15.9 Å². The Hall–Kier alpha value is -0.900. The van der Waals surface area contributed by atoms with E-state index in [0.717, 1.165) is 23.9 Å². The lowest BCUT2D eigenvalue weighted by Crippen LogP contribution is -2.34. The average Bonchev–Trinajstić information content (AvgIpc) is 2.29. The van der Waals surface area contributed by atoms with Gasteiger partial charge >= 0.3 is 0 Å². The summed E-state index contributed by atoms with van der Waals surface area (Å²) in [5.74, 6) is -0.0414. The van der Waals surface area contributed by atoms with Crippen molar-refractivity contribution < 1.29 is 4.79 Å². The van der Waals surface area contributed by atoms with Crippen molar-refractivity contribution in [2.24, 2.45) is 0 Å². The maximum atomic E-state index is 11.8. The average molecular weight is 285 g/mol. The number of pyridine rings is 1. The first-order chi connectivity index (χ1) is 7.67. The number of hydrogen-bond donors (Lipinski definition) is 1. The molecule has 0 aliphatic rings. The van der Waals surface area contributed by atoms with E-state index < -0.39 is 0 Å². The lowest BCUT2D eigenvalue weighted by atomic mass is 10.1. The van der Waals surface area contributed by atoms with Gasteiger partial charge in [-0.25, -0.2) is 4.98 Å². The van der Waals surface area contributed by atoms with E-state index in [1.54, 1.807) is 18.3 Å². The van der Waals surface area contributed by atoms with Crippen LogP contribution in [0.3, 0.4) is 0 Å². The van der Waals surface area contributed by atoms with Gasteiger partial charge in [-0.3, -0.25) is 4.79 Å². The highest BCUT2D eigenvalue weighted by atomic mass is 79.9. The van der Waals surface area contributed by atoms with Crippen LogP contribution in [-0.2, 0) is 0 Å². The standard InChI is InChI=1S/C12H17BrN2O/c1-3-5-10(4-2)15-12(16)9-6-7-11(13)14-8-9/h6-8,10H,3-5H2,1-2H3,(H,15,16). The van der Waals surface area contributed by atoms with Gasteiger partial charge in [0.05, 0.1) is 5.56 Å². The summed E-state index contributed by atoms with van der Waals surface area (Å²) in [7, 11) is 0. The maximum absolute atomic E-state index is 11.8. The third-order valence-corrected chi connectivity index (χ3v) is 2.92. The highest BCUT2D eigenvalue weighted by Gasteiger charge is 2.11. The molecular formula is C12H17BrN2O. The Kier molecular flexibility index (Phi) is 5.46. The second-order valence-corrected chi connectivity index (χ2v) is 4.55. The first kappa shape index (κ1) is 13.2. The van der Waals surface area contributed by atoms with Gasteiger partial charge in [0.2, 0.25) is 0 Å². The third-order valence-electron chi connectivity index (χ3n) is 2.45. The number of halogens is 1. The van der Waals surface area contributed by atoms with E-state index in [1.807, 2.05) is 0 Å². The van der Waals surface area contributed by atoms with Crippen LogP contribution in [0.4, 0.5) is 0 Å². The molecule has 0 aliphatic carbocycles. The first-order valence-corrected chi connectivity index (χ1v) is 6.39. The predicted molar refractivity (Wildman–Crippen MR) is 68.4 cm³/mol. The van der Waals surface area contributed by atoms with Gasteiger partial charge < -0.3 is 5.32 Å². The van der Waals surface area contributed by atoms with Crippen molar-refractivity contribution in [3.05, 3.63) is 28.5 Å². The van der Waals surface area contributed by atoms with Crippen LogP contribution in [-0.4, -0.2) is 16.9 Å². The number of aromatic nitrogens is 1. The minimum absolute atomic E-state index is 0.0414. The van der Waals surface area contributed by atoms with Crippen LogP contribution in [0.25, 0.3) is 0 Å². The van der Waals surface area contributed by atoms with Crippen LogP contribution in [0.2, 0.25) is 0 Å². The number of carbonyl (C=O) groups is 1. The summed E-state index contributed by atoms with van der Waals surface area (Å²) in [5.41, 5.74) is 0.609. The van der Waals surface area contributed by atoms with E-state index in [1.165, 1.54) is 0 Å². The van der Waals surface area contributed by atoms with Crippen molar-refractivity contribution in [2.45, 2.75) is 39.2 Å². The molecule has 1 atom stereocenters.